The van der Waals surface area contributed by atoms with E-state index in [-0.39, 0.29) is 29.3 Å². The highest BCUT2D eigenvalue weighted by molar-refractivity contribution is 5.97. The normalized spacial score (nSPS) is 11.6. The smallest absolute Gasteiger partial charge is 0.434 e. The summed E-state index contributed by atoms with van der Waals surface area (Å²) in [4.78, 5) is 18.9. The number of hydrogen-bond acceptors (Lipinski definition) is 4. The molecule has 0 saturated carbocycles. The van der Waals surface area contributed by atoms with Crippen molar-refractivity contribution in [3.05, 3.63) is 78.5 Å². The van der Waals surface area contributed by atoms with E-state index in [1.54, 1.807) is 0 Å². The molecule has 0 amide bonds. The van der Waals surface area contributed by atoms with Crippen molar-refractivity contribution in [3.8, 4) is 11.6 Å². The molecule has 3 aromatic rings. The minimum Gasteiger partial charge on any atom is -1.00 e. The predicted molar refractivity (Wildman–Crippen MR) is 97.7 cm³/mol. The van der Waals surface area contributed by atoms with Crippen molar-refractivity contribution in [3.63, 3.8) is 0 Å². The lowest BCUT2D eigenvalue weighted by molar-refractivity contribution is -0.687. The maximum absolute atomic E-state index is 14.0. The quantitative estimate of drug-likeness (QED) is 0.193. The summed E-state index contributed by atoms with van der Waals surface area (Å²) in [6, 6.07) is 3.17. The van der Waals surface area contributed by atoms with Gasteiger partial charge >= 0.3 is 18.3 Å². The number of carbonyl (C=O) groups is 1. The van der Waals surface area contributed by atoms with Crippen LogP contribution in [0, 0.1) is 5.95 Å². The van der Waals surface area contributed by atoms with Crippen LogP contribution in [-0.2, 0) is 25.4 Å². The van der Waals surface area contributed by atoms with Gasteiger partial charge in [-0.25, -0.2) is 14.5 Å². The number of carbonyl (C=O) groups excluding carboxylic acids is 1. The van der Waals surface area contributed by atoms with Crippen LogP contribution in [0.4, 0.5) is 30.7 Å². The van der Waals surface area contributed by atoms with Crippen LogP contribution in [0.1, 0.15) is 21.7 Å². The van der Waals surface area contributed by atoms with Crippen molar-refractivity contribution in [1.29, 1.82) is 0 Å². The maximum atomic E-state index is 14.0. The van der Waals surface area contributed by atoms with Crippen LogP contribution in [-0.4, -0.2) is 20.3 Å². The summed E-state index contributed by atoms with van der Waals surface area (Å²) in [6.07, 6.45) is -5.39. The Morgan fingerprint density at radius 3 is 2.38 bits per heavy atom. The summed E-state index contributed by atoms with van der Waals surface area (Å²) < 4.78 is 99.5. The van der Waals surface area contributed by atoms with E-state index in [0.29, 0.717) is 12.3 Å². The van der Waals surface area contributed by atoms with Crippen LogP contribution < -0.4 is 26.3 Å². The molecular weight excluding hydrogens is 541 g/mol. The highest BCUT2D eigenvalue weighted by Crippen LogP contribution is 2.34. The van der Waals surface area contributed by atoms with Gasteiger partial charge in [0.25, 0.3) is 0 Å². The lowest BCUT2D eigenvalue weighted by atomic mass is 10.1. The number of alkyl halides is 6. The van der Waals surface area contributed by atoms with E-state index in [9.17, 15) is 35.5 Å². The van der Waals surface area contributed by atoms with Crippen LogP contribution in [0.5, 0.6) is 11.6 Å². The van der Waals surface area contributed by atoms with Crippen molar-refractivity contribution in [2.45, 2.75) is 25.4 Å². The molecule has 0 atom stereocenters. The second-order valence-electron chi connectivity index (χ2n) is 6.63. The molecule has 3 rings (SSSR count). The van der Waals surface area contributed by atoms with Crippen LogP contribution in [0.25, 0.3) is 0 Å². The van der Waals surface area contributed by atoms with E-state index in [0.717, 1.165) is 29.0 Å². The molecule has 0 fully saturated rings. The van der Waals surface area contributed by atoms with Crippen molar-refractivity contribution < 1.29 is 61.8 Å². The number of aromatic nitrogens is 4. The number of allylic oxidation sites excluding steroid dienone is 1. The Morgan fingerprint density at radius 1 is 1.12 bits per heavy atom. The Hall–Kier alpha value is -3.29. The number of hydrogen-bond donors (Lipinski definition) is 0. The van der Waals surface area contributed by atoms with Gasteiger partial charge in [-0.3, -0.25) is 4.79 Å². The summed E-state index contributed by atoms with van der Waals surface area (Å²) >= 11 is 0. The second kappa shape index (κ2) is 10.3. The van der Waals surface area contributed by atoms with Gasteiger partial charge < -0.3 is 21.7 Å². The molecular formula is C20H14BrF7N4O2. The molecule has 0 aliphatic heterocycles. The lowest BCUT2D eigenvalue weighted by Gasteiger charge is -2.13. The van der Waals surface area contributed by atoms with Crippen LogP contribution in [0.2, 0.25) is 0 Å². The second-order valence-corrected chi connectivity index (χ2v) is 6.63. The summed E-state index contributed by atoms with van der Waals surface area (Å²) in [5.74, 6) is -2.85. The highest BCUT2D eigenvalue weighted by atomic mass is 79.9. The third kappa shape index (κ3) is 6.40. The summed E-state index contributed by atoms with van der Waals surface area (Å²) in [5.41, 5.74) is -3.63. The number of ether oxygens (including phenoxy) is 1. The minimum absolute atomic E-state index is 0. The maximum Gasteiger partial charge on any atom is 0.434 e. The van der Waals surface area contributed by atoms with E-state index in [4.69, 9.17) is 4.74 Å². The van der Waals surface area contributed by atoms with Gasteiger partial charge in [-0.2, -0.15) is 35.3 Å². The molecule has 0 N–H and O–H groups in total. The Balaban J connectivity index is 0.00000408. The average Bonchev–Trinajstić information content (AvgIpc) is 3.06. The Morgan fingerprint density at radius 2 is 1.82 bits per heavy atom. The van der Waals surface area contributed by atoms with Crippen molar-refractivity contribution in [2.24, 2.45) is 0 Å². The molecule has 182 valence electrons. The van der Waals surface area contributed by atoms with Crippen LogP contribution in [0.15, 0.2) is 55.6 Å². The fourth-order valence-corrected chi connectivity index (χ4v) is 2.75. The van der Waals surface area contributed by atoms with E-state index < -0.39 is 53.5 Å². The average molecular weight is 555 g/mol. The van der Waals surface area contributed by atoms with Gasteiger partial charge in [-0.1, -0.05) is 12.7 Å². The number of rotatable bonds is 7. The molecule has 0 bridgehead atoms. The summed E-state index contributed by atoms with van der Waals surface area (Å²) in [7, 11) is 0. The molecule has 3 aromatic heterocycles. The number of imidazole rings is 1. The Labute approximate surface area is 198 Å². The molecule has 34 heavy (non-hydrogen) atoms. The number of ketones is 1. The van der Waals surface area contributed by atoms with Gasteiger partial charge in [0.15, 0.2) is 18.4 Å². The zero-order valence-corrected chi connectivity index (χ0v) is 18.5. The molecule has 0 aromatic carbocycles. The first-order valence-corrected chi connectivity index (χ1v) is 9.06. The Kier molecular flexibility index (Phi) is 8.18. The third-order valence-corrected chi connectivity index (χ3v) is 4.18. The van der Waals surface area contributed by atoms with Gasteiger partial charge in [0.1, 0.15) is 18.0 Å². The molecule has 0 aliphatic rings. The molecule has 0 saturated heterocycles. The topological polar surface area (TPSA) is 60.9 Å². The first kappa shape index (κ1) is 27.0. The SMILES string of the molecule is C=CC[n+]1cc(F)n(CC(=O)c2ccc(Oc3ccc(C(F)(F)F)nc3)nc2C(F)(F)F)c1.[Br-]. The molecule has 0 spiro atoms. The van der Waals surface area contributed by atoms with Gasteiger partial charge in [0.2, 0.25) is 18.0 Å². The fraction of sp³-hybridized carbons (Fsp3) is 0.200. The van der Waals surface area contributed by atoms with Gasteiger partial charge in [-0.15, -0.1) is 0 Å². The minimum atomic E-state index is -5.07. The Bertz CT molecular complexity index is 1180. The van der Waals surface area contributed by atoms with Crippen molar-refractivity contribution >= 4 is 5.78 Å². The monoisotopic (exact) mass is 554 g/mol. The van der Waals surface area contributed by atoms with Crippen LogP contribution >= 0.6 is 0 Å². The first-order valence-electron chi connectivity index (χ1n) is 9.06. The lowest BCUT2D eigenvalue weighted by Crippen LogP contribution is -3.00. The van der Waals surface area contributed by atoms with E-state index in [1.807, 2.05) is 0 Å². The van der Waals surface area contributed by atoms with E-state index in [1.165, 1.54) is 17.0 Å². The van der Waals surface area contributed by atoms with Gasteiger partial charge in [-0.05, 0) is 18.2 Å². The zero-order valence-electron chi connectivity index (χ0n) is 16.9. The largest absolute Gasteiger partial charge is 1.00 e. The summed E-state index contributed by atoms with van der Waals surface area (Å²) in [6.45, 7) is 2.96. The number of Topliss-reactive ketones (excluding diaryl/α,β-unsaturated/α-hetero) is 1. The predicted octanol–water partition coefficient (Wildman–Crippen LogP) is 1.61. The highest BCUT2D eigenvalue weighted by Gasteiger charge is 2.38. The van der Waals surface area contributed by atoms with Crippen LogP contribution in [0.3, 0.4) is 0 Å². The van der Waals surface area contributed by atoms with E-state index in [2.05, 4.69) is 16.5 Å². The van der Waals surface area contributed by atoms with Crippen molar-refractivity contribution in [1.82, 2.24) is 14.5 Å². The molecule has 6 nitrogen and oxygen atoms in total. The first-order chi connectivity index (χ1) is 15.4. The van der Waals surface area contributed by atoms with Gasteiger partial charge in [0.05, 0.1) is 11.8 Å². The number of halogens is 8. The molecule has 0 radical (unpaired) electrons. The fourth-order valence-electron chi connectivity index (χ4n) is 2.75. The third-order valence-electron chi connectivity index (χ3n) is 4.18. The standard InChI is InChI=1S/C20H14F7N4O2.BrH/c1-2-7-30-10-16(21)31(11-30)9-14(32)13-4-6-17(29-18(13)20(25,26)27)33-12-3-5-15(28-8-12)19(22,23)24;/h2-6,8,10-11H,1,7,9H2;1H/q+1;/p-1. The molecule has 0 aliphatic carbocycles. The van der Waals surface area contributed by atoms with E-state index >= 15 is 0 Å². The van der Waals surface area contributed by atoms with Gasteiger partial charge in [0, 0.05) is 6.07 Å². The molecule has 0 unspecified atom stereocenters. The number of nitrogens with zero attached hydrogens (tertiary/aromatic N) is 4. The summed E-state index contributed by atoms with van der Waals surface area (Å²) in [5, 5.41) is 0. The molecule has 3 heterocycles. The van der Waals surface area contributed by atoms with Crippen molar-refractivity contribution in [2.75, 3.05) is 0 Å². The molecule has 14 heteroatoms. The zero-order chi connectivity index (χ0) is 24.4. The number of pyridine rings is 2.